The van der Waals surface area contributed by atoms with Crippen molar-refractivity contribution in [2.24, 2.45) is 47.3 Å². The fourth-order valence-corrected chi connectivity index (χ4v) is 5.56. The van der Waals surface area contributed by atoms with E-state index in [4.69, 9.17) is 9.47 Å². The molecule has 0 aromatic rings. The minimum absolute atomic E-state index is 0.0663. The maximum absolute atomic E-state index is 12.0. The van der Waals surface area contributed by atoms with Crippen LogP contribution in [0.1, 0.15) is 12.8 Å². The lowest BCUT2D eigenvalue weighted by Crippen LogP contribution is -2.53. The lowest BCUT2D eigenvalue weighted by molar-refractivity contribution is -0.155. The van der Waals surface area contributed by atoms with Crippen molar-refractivity contribution in [3.63, 3.8) is 0 Å². The Morgan fingerprint density at radius 3 is 1.55 bits per heavy atom. The van der Waals surface area contributed by atoms with Gasteiger partial charge in [0.05, 0.1) is 23.7 Å². The first-order valence-electron chi connectivity index (χ1n) is 7.75. The number of cyclic esters (lactones) is 4. The molecule has 0 aromatic heterocycles. The molecule has 6 aliphatic rings. The maximum Gasteiger partial charge on any atom is 0.318 e. The molecule has 6 heteroatoms. The molecule has 6 nitrogen and oxygen atoms in total. The minimum atomic E-state index is -0.431. The van der Waals surface area contributed by atoms with E-state index in [9.17, 15) is 19.2 Å². The van der Waals surface area contributed by atoms with Crippen LogP contribution in [0.5, 0.6) is 0 Å². The van der Waals surface area contributed by atoms with Gasteiger partial charge in [-0.3, -0.25) is 19.2 Å². The molecule has 0 amide bonds. The van der Waals surface area contributed by atoms with Crippen LogP contribution >= 0.6 is 0 Å². The third-order valence-corrected chi connectivity index (χ3v) is 6.40. The summed E-state index contributed by atoms with van der Waals surface area (Å²) in [6.07, 6.45) is 5.15. The molecule has 0 spiro atoms. The van der Waals surface area contributed by atoms with Gasteiger partial charge in [-0.2, -0.15) is 0 Å². The van der Waals surface area contributed by atoms with Crippen LogP contribution in [0.25, 0.3) is 0 Å². The monoisotopic (exact) mass is 302 g/mol. The van der Waals surface area contributed by atoms with Crippen LogP contribution in [0.2, 0.25) is 0 Å². The second kappa shape index (κ2) is 3.86. The molecule has 2 heterocycles. The molecule has 2 saturated carbocycles. The summed E-state index contributed by atoms with van der Waals surface area (Å²) in [6.45, 7) is 0. The van der Waals surface area contributed by atoms with E-state index in [-0.39, 0.29) is 35.5 Å². The molecule has 114 valence electrons. The summed E-state index contributed by atoms with van der Waals surface area (Å²) in [7, 11) is 0. The van der Waals surface area contributed by atoms with E-state index in [1.807, 2.05) is 12.2 Å². The highest BCUT2D eigenvalue weighted by molar-refractivity contribution is 5.98. The summed E-state index contributed by atoms with van der Waals surface area (Å²) in [5, 5.41) is 0. The van der Waals surface area contributed by atoms with Crippen molar-refractivity contribution in [3.05, 3.63) is 12.2 Å². The fourth-order valence-electron chi connectivity index (χ4n) is 5.56. The molecule has 2 saturated heterocycles. The average molecular weight is 302 g/mol. The van der Waals surface area contributed by atoms with E-state index in [0.717, 1.165) is 0 Å². The topological polar surface area (TPSA) is 86.7 Å². The normalized spacial score (nSPS) is 51.3. The molecule has 0 N–H and O–H groups in total. The Kier molecular flexibility index (Phi) is 2.20. The summed E-state index contributed by atoms with van der Waals surface area (Å²) in [5.41, 5.74) is 0. The van der Waals surface area contributed by atoms with E-state index in [0.29, 0.717) is 12.8 Å². The Morgan fingerprint density at radius 1 is 0.682 bits per heavy atom. The van der Waals surface area contributed by atoms with Gasteiger partial charge in [-0.25, -0.2) is 0 Å². The Hall–Kier alpha value is -1.98. The largest absolute Gasteiger partial charge is 0.393 e. The van der Waals surface area contributed by atoms with Gasteiger partial charge in [-0.1, -0.05) is 12.2 Å². The molecule has 2 bridgehead atoms. The van der Waals surface area contributed by atoms with E-state index in [1.54, 1.807) is 0 Å². The van der Waals surface area contributed by atoms with Crippen molar-refractivity contribution < 1.29 is 28.7 Å². The Labute approximate surface area is 125 Å². The van der Waals surface area contributed by atoms with Crippen molar-refractivity contribution >= 4 is 23.9 Å². The average Bonchev–Trinajstić information content (AvgIpc) is 2.97. The number of esters is 4. The van der Waals surface area contributed by atoms with Gasteiger partial charge in [-0.05, 0) is 36.5 Å². The number of hydrogen-bond acceptors (Lipinski definition) is 6. The number of carbonyl (C=O) groups excluding carboxylic acids is 4. The van der Waals surface area contributed by atoms with Crippen LogP contribution in [0.3, 0.4) is 0 Å². The number of ether oxygens (including phenoxy) is 2. The molecule has 4 aliphatic carbocycles. The van der Waals surface area contributed by atoms with Crippen LogP contribution in [-0.2, 0) is 28.7 Å². The van der Waals surface area contributed by atoms with Crippen LogP contribution < -0.4 is 0 Å². The molecule has 22 heavy (non-hydrogen) atoms. The van der Waals surface area contributed by atoms with Crippen LogP contribution in [-0.4, -0.2) is 23.9 Å². The SMILES string of the molecule is O=C1OC(=O)C2CC3C4C=CC(C3CC12)C1C(=O)OC(=O)C41. The lowest BCUT2D eigenvalue weighted by atomic mass is 9.48. The summed E-state index contributed by atoms with van der Waals surface area (Å²) < 4.78 is 9.64. The number of carbonyl (C=O) groups is 4. The van der Waals surface area contributed by atoms with Crippen LogP contribution in [0.4, 0.5) is 0 Å². The summed E-state index contributed by atoms with van der Waals surface area (Å²) >= 11 is 0. The highest BCUT2D eigenvalue weighted by Gasteiger charge is 2.64. The highest BCUT2D eigenvalue weighted by Crippen LogP contribution is 2.60. The van der Waals surface area contributed by atoms with E-state index >= 15 is 0 Å². The molecule has 8 atom stereocenters. The number of hydrogen-bond donors (Lipinski definition) is 0. The molecular weight excluding hydrogens is 288 g/mol. The molecule has 6 rings (SSSR count). The van der Waals surface area contributed by atoms with Gasteiger partial charge in [0.2, 0.25) is 0 Å². The van der Waals surface area contributed by atoms with Gasteiger partial charge in [0.1, 0.15) is 0 Å². The van der Waals surface area contributed by atoms with Gasteiger partial charge in [0, 0.05) is 0 Å². The first kappa shape index (κ1) is 12.6. The van der Waals surface area contributed by atoms with Gasteiger partial charge in [-0.15, -0.1) is 0 Å². The minimum Gasteiger partial charge on any atom is -0.393 e. The zero-order chi connectivity index (χ0) is 15.2. The van der Waals surface area contributed by atoms with Gasteiger partial charge in [0.25, 0.3) is 0 Å². The first-order chi connectivity index (χ1) is 10.6. The lowest BCUT2D eigenvalue weighted by Gasteiger charge is -2.52. The van der Waals surface area contributed by atoms with Crippen LogP contribution in [0, 0.1) is 47.3 Å². The van der Waals surface area contributed by atoms with Crippen molar-refractivity contribution in [2.75, 3.05) is 0 Å². The van der Waals surface area contributed by atoms with Crippen molar-refractivity contribution in [2.45, 2.75) is 12.8 Å². The third kappa shape index (κ3) is 1.31. The smallest absolute Gasteiger partial charge is 0.318 e. The summed E-state index contributed by atoms with van der Waals surface area (Å²) in [5.74, 6) is -3.14. The summed E-state index contributed by atoms with van der Waals surface area (Å²) in [4.78, 5) is 47.7. The van der Waals surface area contributed by atoms with Gasteiger partial charge in [0.15, 0.2) is 0 Å². The highest BCUT2D eigenvalue weighted by atomic mass is 16.6. The molecule has 0 radical (unpaired) electrons. The molecule has 2 aliphatic heterocycles. The van der Waals surface area contributed by atoms with E-state index in [1.165, 1.54) is 0 Å². The van der Waals surface area contributed by atoms with Crippen molar-refractivity contribution in [1.29, 1.82) is 0 Å². The Balaban J connectivity index is 1.55. The van der Waals surface area contributed by atoms with E-state index in [2.05, 4.69) is 0 Å². The molecular formula is C16H14O6. The Bertz CT molecular complexity index is 610. The third-order valence-electron chi connectivity index (χ3n) is 6.40. The standard InChI is InChI=1S/C16H14O6/c17-13-9-3-7-5-1-2-6(8(7)4-10(9)14(18)21-13)12-11(5)15(19)22-16(12)20/h1-2,5-12H,3-4H2. The molecule has 4 fully saturated rings. The van der Waals surface area contributed by atoms with Gasteiger partial charge < -0.3 is 9.47 Å². The van der Waals surface area contributed by atoms with Crippen molar-refractivity contribution in [3.8, 4) is 0 Å². The Morgan fingerprint density at radius 2 is 1.09 bits per heavy atom. The predicted octanol–water partition coefficient (Wildman–Crippen LogP) is 0.460. The summed E-state index contributed by atoms with van der Waals surface area (Å²) in [6, 6.07) is 0. The predicted molar refractivity (Wildman–Crippen MR) is 68.5 cm³/mol. The van der Waals surface area contributed by atoms with E-state index < -0.39 is 35.7 Å². The zero-order valence-corrected chi connectivity index (χ0v) is 11.6. The molecule has 0 aromatic carbocycles. The maximum atomic E-state index is 12.0. The van der Waals surface area contributed by atoms with Crippen molar-refractivity contribution in [1.82, 2.24) is 0 Å². The zero-order valence-electron chi connectivity index (χ0n) is 11.6. The van der Waals surface area contributed by atoms with Gasteiger partial charge >= 0.3 is 23.9 Å². The number of rotatable bonds is 0. The number of allylic oxidation sites excluding steroid dienone is 2. The molecule has 8 unspecified atom stereocenters. The fraction of sp³-hybridized carbons (Fsp3) is 0.625. The second-order valence-electron chi connectivity index (χ2n) is 7.08. The second-order valence-corrected chi connectivity index (χ2v) is 7.08. The van der Waals surface area contributed by atoms with Crippen LogP contribution in [0.15, 0.2) is 12.2 Å². The first-order valence-corrected chi connectivity index (χ1v) is 7.75. The quantitative estimate of drug-likeness (QED) is 0.367. The number of fused-ring (bicyclic) bond motifs is 1.